The zero-order chi connectivity index (χ0) is 9.19. The molecule has 0 aromatic carbocycles. The summed E-state index contributed by atoms with van der Waals surface area (Å²) in [5, 5.41) is 3.45. The van der Waals surface area contributed by atoms with Crippen molar-refractivity contribution in [3.8, 4) is 0 Å². The van der Waals surface area contributed by atoms with Crippen LogP contribution in [-0.4, -0.2) is 37.2 Å². The molecule has 0 aromatic heterocycles. The number of rotatable bonds is 3. The van der Waals surface area contributed by atoms with Gasteiger partial charge < -0.3 is 9.47 Å². The Bertz CT molecular complexity index is 152. The molecular formula is C8H17NO2S. The Morgan fingerprint density at radius 1 is 1.50 bits per heavy atom. The van der Waals surface area contributed by atoms with Gasteiger partial charge in [-0.3, -0.25) is 5.32 Å². The van der Waals surface area contributed by atoms with Gasteiger partial charge in [0.15, 0.2) is 6.29 Å². The van der Waals surface area contributed by atoms with Gasteiger partial charge in [0, 0.05) is 26.0 Å². The molecule has 1 fully saturated rings. The third kappa shape index (κ3) is 1.93. The van der Waals surface area contributed by atoms with Crippen LogP contribution in [0.4, 0.5) is 0 Å². The monoisotopic (exact) mass is 191 g/mol. The molecule has 1 N–H and O–H groups in total. The molecule has 2 unspecified atom stereocenters. The van der Waals surface area contributed by atoms with Gasteiger partial charge in [-0.15, -0.1) is 11.8 Å². The minimum absolute atomic E-state index is 0.0943. The second-order valence-electron chi connectivity index (χ2n) is 3.27. The zero-order valence-corrected chi connectivity index (χ0v) is 8.90. The van der Waals surface area contributed by atoms with Crippen molar-refractivity contribution >= 4 is 11.8 Å². The lowest BCUT2D eigenvalue weighted by Crippen LogP contribution is -2.49. The minimum atomic E-state index is -0.174. The van der Waals surface area contributed by atoms with Crippen LogP contribution in [0.2, 0.25) is 0 Å². The molecule has 0 saturated carbocycles. The number of hydrogen-bond acceptors (Lipinski definition) is 4. The highest BCUT2D eigenvalue weighted by atomic mass is 32.2. The van der Waals surface area contributed by atoms with E-state index in [0.717, 1.165) is 5.75 Å². The predicted molar refractivity (Wildman–Crippen MR) is 51.3 cm³/mol. The van der Waals surface area contributed by atoms with Crippen molar-refractivity contribution in [2.24, 2.45) is 0 Å². The van der Waals surface area contributed by atoms with Crippen LogP contribution in [0.25, 0.3) is 0 Å². The van der Waals surface area contributed by atoms with Gasteiger partial charge in [0.05, 0.1) is 0 Å². The maximum absolute atomic E-state index is 5.23. The highest BCUT2D eigenvalue weighted by Crippen LogP contribution is 2.34. The van der Waals surface area contributed by atoms with Gasteiger partial charge in [0.2, 0.25) is 0 Å². The molecule has 0 bridgehead atoms. The molecule has 0 aromatic rings. The molecule has 72 valence electrons. The van der Waals surface area contributed by atoms with Gasteiger partial charge in [-0.1, -0.05) is 0 Å². The standard InChI is InChI=1S/C8H17NO2S/c1-6-5-12-8(2,9-6)7(10-3)11-4/h6-7,9H,5H2,1-4H3. The Kier molecular flexibility index (Phi) is 3.40. The van der Waals surface area contributed by atoms with Crippen LogP contribution >= 0.6 is 11.8 Å². The van der Waals surface area contributed by atoms with Gasteiger partial charge in [0.1, 0.15) is 4.87 Å². The molecule has 2 atom stereocenters. The van der Waals surface area contributed by atoms with E-state index in [0.29, 0.717) is 6.04 Å². The summed E-state index contributed by atoms with van der Waals surface area (Å²) in [6.07, 6.45) is -0.174. The summed E-state index contributed by atoms with van der Waals surface area (Å²) in [6.45, 7) is 4.28. The topological polar surface area (TPSA) is 30.5 Å². The van der Waals surface area contributed by atoms with Crippen LogP contribution in [0, 0.1) is 0 Å². The maximum Gasteiger partial charge on any atom is 0.184 e. The van der Waals surface area contributed by atoms with E-state index in [1.165, 1.54) is 0 Å². The van der Waals surface area contributed by atoms with Crippen LogP contribution < -0.4 is 5.32 Å². The largest absolute Gasteiger partial charge is 0.353 e. The van der Waals surface area contributed by atoms with Crippen LogP contribution in [0.15, 0.2) is 0 Å². The van der Waals surface area contributed by atoms with Gasteiger partial charge in [0.25, 0.3) is 0 Å². The fourth-order valence-corrected chi connectivity index (χ4v) is 2.85. The maximum atomic E-state index is 5.23. The van der Waals surface area contributed by atoms with Crippen molar-refractivity contribution in [1.82, 2.24) is 5.32 Å². The van der Waals surface area contributed by atoms with Crippen molar-refractivity contribution in [2.45, 2.75) is 31.1 Å². The average Bonchev–Trinajstić information content (AvgIpc) is 2.34. The van der Waals surface area contributed by atoms with E-state index in [2.05, 4.69) is 19.2 Å². The van der Waals surface area contributed by atoms with E-state index in [1.54, 1.807) is 14.2 Å². The molecule has 0 amide bonds. The molecule has 4 heteroatoms. The fraction of sp³-hybridized carbons (Fsp3) is 1.00. The molecule has 1 heterocycles. The average molecular weight is 191 g/mol. The van der Waals surface area contributed by atoms with Crippen molar-refractivity contribution < 1.29 is 9.47 Å². The van der Waals surface area contributed by atoms with Crippen LogP contribution in [-0.2, 0) is 9.47 Å². The van der Waals surface area contributed by atoms with Gasteiger partial charge in [-0.2, -0.15) is 0 Å². The number of thioether (sulfide) groups is 1. The predicted octanol–water partition coefficient (Wildman–Crippen LogP) is 1.05. The second kappa shape index (κ2) is 3.96. The van der Waals surface area contributed by atoms with Crippen molar-refractivity contribution in [2.75, 3.05) is 20.0 Å². The van der Waals surface area contributed by atoms with Crippen LogP contribution in [0.1, 0.15) is 13.8 Å². The van der Waals surface area contributed by atoms with E-state index in [4.69, 9.17) is 9.47 Å². The Hall–Kier alpha value is 0.230. The summed E-state index contributed by atoms with van der Waals surface area (Å²) < 4.78 is 10.5. The van der Waals surface area contributed by atoms with Crippen molar-refractivity contribution in [3.05, 3.63) is 0 Å². The molecular weight excluding hydrogens is 174 g/mol. The Balaban J connectivity index is 2.58. The molecule has 1 aliphatic rings. The van der Waals surface area contributed by atoms with E-state index in [1.807, 2.05) is 11.8 Å². The highest BCUT2D eigenvalue weighted by molar-refractivity contribution is 8.00. The number of nitrogens with one attached hydrogen (secondary N) is 1. The van der Waals surface area contributed by atoms with E-state index < -0.39 is 0 Å². The quantitative estimate of drug-likeness (QED) is 0.675. The minimum Gasteiger partial charge on any atom is -0.353 e. The Morgan fingerprint density at radius 2 is 2.08 bits per heavy atom. The fourth-order valence-electron chi connectivity index (χ4n) is 1.55. The first-order valence-electron chi connectivity index (χ1n) is 4.09. The molecule has 1 saturated heterocycles. The second-order valence-corrected chi connectivity index (χ2v) is 4.74. The molecule has 0 radical (unpaired) electrons. The first-order valence-corrected chi connectivity index (χ1v) is 5.08. The number of methoxy groups -OCH3 is 2. The lowest BCUT2D eigenvalue weighted by Gasteiger charge is -2.31. The van der Waals surface area contributed by atoms with Gasteiger partial charge in [-0.25, -0.2) is 0 Å². The molecule has 0 spiro atoms. The lowest BCUT2D eigenvalue weighted by atomic mass is 10.2. The third-order valence-corrected chi connectivity index (χ3v) is 3.62. The van der Waals surface area contributed by atoms with Gasteiger partial charge in [-0.05, 0) is 13.8 Å². The summed E-state index contributed by atoms with van der Waals surface area (Å²) in [5.74, 6) is 1.11. The first kappa shape index (κ1) is 10.3. The van der Waals surface area contributed by atoms with E-state index in [9.17, 15) is 0 Å². The van der Waals surface area contributed by atoms with Crippen LogP contribution in [0.3, 0.4) is 0 Å². The Labute approximate surface area is 78.2 Å². The highest BCUT2D eigenvalue weighted by Gasteiger charge is 2.41. The number of hydrogen-bond donors (Lipinski definition) is 1. The number of ether oxygens (including phenoxy) is 2. The normalized spacial score (nSPS) is 36.2. The van der Waals surface area contributed by atoms with Crippen LogP contribution in [0.5, 0.6) is 0 Å². The molecule has 1 rings (SSSR count). The smallest absolute Gasteiger partial charge is 0.184 e. The zero-order valence-electron chi connectivity index (χ0n) is 8.09. The molecule has 1 aliphatic heterocycles. The third-order valence-electron chi connectivity index (χ3n) is 2.04. The summed E-state index contributed by atoms with van der Waals surface area (Å²) >= 11 is 1.85. The van der Waals surface area contributed by atoms with E-state index in [-0.39, 0.29) is 11.2 Å². The van der Waals surface area contributed by atoms with E-state index >= 15 is 0 Å². The SMILES string of the molecule is COC(OC)C1(C)NC(C)CS1. The molecule has 3 nitrogen and oxygen atoms in total. The Morgan fingerprint density at radius 3 is 2.42 bits per heavy atom. The summed E-state index contributed by atoms with van der Waals surface area (Å²) in [7, 11) is 3.34. The molecule has 0 aliphatic carbocycles. The lowest BCUT2D eigenvalue weighted by molar-refractivity contribution is -0.127. The van der Waals surface area contributed by atoms with Crippen molar-refractivity contribution in [3.63, 3.8) is 0 Å². The van der Waals surface area contributed by atoms with Crippen molar-refractivity contribution in [1.29, 1.82) is 0 Å². The first-order chi connectivity index (χ1) is 5.62. The summed E-state index contributed by atoms with van der Waals surface area (Å²) in [5.41, 5.74) is 0. The van der Waals surface area contributed by atoms with Gasteiger partial charge >= 0.3 is 0 Å². The summed E-state index contributed by atoms with van der Waals surface area (Å²) in [4.78, 5) is -0.0943. The summed E-state index contributed by atoms with van der Waals surface area (Å²) in [6, 6.07) is 0.535. The molecule has 12 heavy (non-hydrogen) atoms.